The summed E-state index contributed by atoms with van der Waals surface area (Å²) in [5, 5.41) is 10.5. The normalized spacial score (nSPS) is 27.1. The molecule has 1 aromatic rings. The smallest absolute Gasteiger partial charge is 0.227 e. The molecule has 1 N–H and O–H groups in total. The van der Waals surface area contributed by atoms with Crippen molar-refractivity contribution in [2.24, 2.45) is 5.41 Å². The number of ketones is 1. The third kappa shape index (κ3) is 1.83. The van der Waals surface area contributed by atoms with E-state index in [1.807, 2.05) is 6.07 Å². The Hall–Kier alpha value is -1.77. The van der Waals surface area contributed by atoms with Crippen molar-refractivity contribution >= 4 is 5.78 Å². The first-order valence-corrected chi connectivity index (χ1v) is 7.49. The molecule has 0 amide bonds. The lowest BCUT2D eigenvalue weighted by atomic mass is 9.55. The number of rotatable bonds is 1. The fourth-order valence-electron chi connectivity index (χ4n) is 4.28. The van der Waals surface area contributed by atoms with Gasteiger partial charge in [0.25, 0.3) is 0 Å². The molecule has 0 bridgehead atoms. The number of benzene rings is 1. The first-order valence-electron chi connectivity index (χ1n) is 7.49. The lowest BCUT2D eigenvalue weighted by Gasteiger charge is -2.48. The molecule has 1 unspecified atom stereocenters. The Balaban J connectivity index is 2.31. The van der Waals surface area contributed by atoms with Crippen LogP contribution in [-0.4, -0.2) is 18.0 Å². The highest BCUT2D eigenvalue weighted by Gasteiger charge is 2.50. The molecule has 2 aliphatic rings. The van der Waals surface area contributed by atoms with Crippen LogP contribution in [0.15, 0.2) is 29.5 Å². The summed E-state index contributed by atoms with van der Waals surface area (Å²) in [6.07, 6.45) is 3.03. The highest BCUT2D eigenvalue weighted by Crippen LogP contribution is 2.56. The molecule has 3 heteroatoms. The van der Waals surface area contributed by atoms with Gasteiger partial charge in [0.15, 0.2) is 5.76 Å². The monoisotopic (exact) mass is 286 g/mol. The van der Waals surface area contributed by atoms with Crippen LogP contribution >= 0.6 is 0 Å². The number of fused-ring (bicyclic) bond motifs is 3. The van der Waals surface area contributed by atoms with E-state index in [2.05, 4.69) is 20.8 Å². The van der Waals surface area contributed by atoms with E-state index in [0.717, 1.165) is 36.1 Å². The minimum Gasteiger partial charge on any atom is -0.504 e. The fourth-order valence-corrected chi connectivity index (χ4v) is 4.28. The average Bonchev–Trinajstić information content (AvgIpc) is 2.43. The highest BCUT2D eigenvalue weighted by atomic mass is 16.5. The zero-order valence-corrected chi connectivity index (χ0v) is 13.1. The highest BCUT2D eigenvalue weighted by molar-refractivity contribution is 6.10. The summed E-state index contributed by atoms with van der Waals surface area (Å²) in [6.45, 7) is 6.38. The zero-order valence-electron chi connectivity index (χ0n) is 13.1. The van der Waals surface area contributed by atoms with E-state index < -0.39 is 0 Å². The number of carbonyl (C=O) groups excluding carboxylic acids is 1. The van der Waals surface area contributed by atoms with E-state index in [-0.39, 0.29) is 22.4 Å². The van der Waals surface area contributed by atoms with Gasteiger partial charge in [0.2, 0.25) is 5.78 Å². The first kappa shape index (κ1) is 14.2. The zero-order chi connectivity index (χ0) is 15.4. The van der Waals surface area contributed by atoms with Gasteiger partial charge in [-0.1, -0.05) is 27.2 Å². The molecule has 0 spiro atoms. The van der Waals surface area contributed by atoms with Crippen LogP contribution in [0.2, 0.25) is 0 Å². The summed E-state index contributed by atoms with van der Waals surface area (Å²) in [5.74, 6) is 0.460. The summed E-state index contributed by atoms with van der Waals surface area (Å²) >= 11 is 0. The van der Waals surface area contributed by atoms with Gasteiger partial charge in [-0.3, -0.25) is 4.79 Å². The number of hydrogen-bond donors (Lipinski definition) is 1. The second-order valence-corrected chi connectivity index (χ2v) is 7.03. The van der Waals surface area contributed by atoms with Crippen molar-refractivity contribution < 1.29 is 14.6 Å². The lowest BCUT2D eigenvalue weighted by molar-refractivity contribution is 0.0940. The molecule has 1 saturated carbocycles. The van der Waals surface area contributed by atoms with E-state index in [1.165, 1.54) is 0 Å². The Kier molecular flexibility index (Phi) is 2.94. The Labute approximate surface area is 125 Å². The Morgan fingerprint density at radius 2 is 1.90 bits per heavy atom. The SMILES string of the molecule is COc1ccc2c(c1)C1(C)CCCC(C)(C)C1=C(O)C2=O. The van der Waals surface area contributed by atoms with Crippen molar-refractivity contribution in [2.75, 3.05) is 7.11 Å². The van der Waals surface area contributed by atoms with E-state index in [4.69, 9.17) is 4.74 Å². The van der Waals surface area contributed by atoms with Crippen molar-refractivity contribution in [3.05, 3.63) is 40.7 Å². The fraction of sp³-hybridized carbons (Fsp3) is 0.500. The van der Waals surface area contributed by atoms with Gasteiger partial charge in [-0.2, -0.15) is 0 Å². The van der Waals surface area contributed by atoms with Gasteiger partial charge in [-0.15, -0.1) is 0 Å². The van der Waals surface area contributed by atoms with E-state index >= 15 is 0 Å². The van der Waals surface area contributed by atoms with Gasteiger partial charge >= 0.3 is 0 Å². The van der Waals surface area contributed by atoms with E-state index in [9.17, 15) is 9.90 Å². The quantitative estimate of drug-likeness (QED) is 0.842. The van der Waals surface area contributed by atoms with Crippen LogP contribution in [0, 0.1) is 5.41 Å². The Bertz CT molecular complexity index is 654. The summed E-state index contributed by atoms with van der Waals surface area (Å²) in [6, 6.07) is 5.52. The molecular weight excluding hydrogens is 264 g/mol. The molecule has 0 heterocycles. The number of ether oxygens (including phenoxy) is 1. The second kappa shape index (κ2) is 4.36. The minimum atomic E-state index is -0.288. The van der Waals surface area contributed by atoms with E-state index in [0.29, 0.717) is 5.56 Å². The number of allylic oxidation sites excluding steroid dienone is 2. The predicted molar refractivity (Wildman–Crippen MR) is 82.0 cm³/mol. The molecule has 0 aliphatic heterocycles. The van der Waals surface area contributed by atoms with Crippen molar-refractivity contribution in [3.63, 3.8) is 0 Å². The number of Topliss-reactive ketones (excluding diaryl/α,β-unsaturated/α-hetero) is 1. The number of aliphatic hydroxyl groups is 1. The van der Waals surface area contributed by atoms with Crippen LogP contribution in [0.1, 0.15) is 56.0 Å². The number of methoxy groups -OCH3 is 1. The van der Waals surface area contributed by atoms with Gasteiger partial charge in [-0.05, 0) is 47.6 Å². The largest absolute Gasteiger partial charge is 0.504 e. The van der Waals surface area contributed by atoms with Crippen molar-refractivity contribution in [3.8, 4) is 5.75 Å². The molecule has 1 aromatic carbocycles. The molecule has 2 aliphatic carbocycles. The summed E-state index contributed by atoms with van der Waals surface area (Å²) in [7, 11) is 1.63. The molecule has 1 fully saturated rings. The third-order valence-electron chi connectivity index (χ3n) is 5.22. The molecule has 21 heavy (non-hydrogen) atoms. The third-order valence-corrected chi connectivity index (χ3v) is 5.22. The van der Waals surface area contributed by atoms with Gasteiger partial charge in [0, 0.05) is 11.0 Å². The van der Waals surface area contributed by atoms with Crippen LogP contribution in [0.5, 0.6) is 5.75 Å². The maximum absolute atomic E-state index is 12.6. The Morgan fingerprint density at radius 3 is 2.57 bits per heavy atom. The number of aliphatic hydroxyl groups excluding tert-OH is 1. The summed E-state index contributed by atoms with van der Waals surface area (Å²) in [5.41, 5.74) is 2.05. The molecule has 0 saturated heterocycles. The average molecular weight is 286 g/mol. The van der Waals surface area contributed by atoms with Crippen molar-refractivity contribution in [1.29, 1.82) is 0 Å². The molecule has 3 nitrogen and oxygen atoms in total. The molecule has 0 aromatic heterocycles. The van der Waals surface area contributed by atoms with Crippen molar-refractivity contribution in [1.82, 2.24) is 0 Å². The number of hydrogen-bond acceptors (Lipinski definition) is 3. The number of carbonyl (C=O) groups is 1. The molecular formula is C18H22O3. The van der Waals surface area contributed by atoms with E-state index in [1.54, 1.807) is 19.2 Å². The van der Waals surface area contributed by atoms with Crippen LogP contribution in [0.4, 0.5) is 0 Å². The maximum atomic E-state index is 12.6. The van der Waals surface area contributed by atoms with Crippen LogP contribution in [-0.2, 0) is 5.41 Å². The van der Waals surface area contributed by atoms with Gasteiger partial charge in [-0.25, -0.2) is 0 Å². The molecule has 112 valence electrons. The van der Waals surface area contributed by atoms with Gasteiger partial charge in [0.1, 0.15) is 5.75 Å². The van der Waals surface area contributed by atoms with Gasteiger partial charge in [0.05, 0.1) is 7.11 Å². The Morgan fingerprint density at radius 1 is 1.19 bits per heavy atom. The molecule has 3 rings (SSSR count). The van der Waals surface area contributed by atoms with Crippen molar-refractivity contribution in [2.45, 2.75) is 45.4 Å². The lowest BCUT2D eigenvalue weighted by Crippen LogP contribution is -2.43. The first-order chi connectivity index (χ1) is 9.81. The van der Waals surface area contributed by atoms with Gasteiger partial charge < -0.3 is 9.84 Å². The molecule has 0 radical (unpaired) electrons. The topological polar surface area (TPSA) is 46.5 Å². The van der Waals surface area contributed by atoms with Crippen LogP contribution in [0.3, 0.4) is 0 Å². The summed E-state index contributed by atoms with van der Waals surface area (Å²) in [4.78, 5) is 12.6. The van der Waals surface area contributed by atoms with Crippen LogP contribution < -0.4 is 4.74 Å². The van der Waals surface area contributed by atoms with Crippen LogP contribution in [0.25, 0.3) is 0 Å². The summed E-state index contributed by atoms with van der Waals surface area (Å²) < 4.78 is 5.33. The molecule has 1 atom stereocenters. The minimum absolute atomic E-state index is 0.0418. The maximum Gasteiger partial charge on any atom is 0.227 e. The second-order valence-electron chi connectivity index (χ2n) is 7.03. The predicted octanol–water partition coefficient (Wildman–Crippen LogP) is 4.17. The standard InChI is InChI=1S/C18H22O3/c1-17(2)8-5-9-18(3)13-10-11(21-4)6-7-12(13)14(19)15(20)16(17)18/h6-7,10,20H,5,8-9H2,1-4H3.